The Bertz CT molecular complexity index is 1000. The Morgan fingerprint density at radius 3 is 2.76 bits per heavy atom. The van der Waals surface area contributed by atoms with E-state index in [1.165, 1.54) is 17.5 Å². The van der Waals surface area contributed by atoms with Crippen LogP contribution in [0.4, 0.5) is 11.5 Å². The number of fused-ring (bicyclic) bond motifs is 1. The zero-order valence-electron chi connectivity index (χ0n) is 16.6. The Balaban J connectivity index is 1.42. The fourth-order valence-corrected chi connectivity index (χ4v) is 3.70. The quantitative estimate of drug-likeness (QED) is 0.697. The maximum absolute atomic E-state index is 13.1. The van der Waals surface area contributed by atoms with Crippen LogP contribution >= 0.6 is 0 Å². The van der Waals surface area contributed by atoms with Crippen molar-refractivity contribution in [3.8, 4) is 5.75 Å². The monoisotopic (exact) mass is 388 g/mol. The molecule has 148 valence electrons. The molecule has 1 N–H and O–H groups in total. The minimum atomic E-state index is -0.0944. The molecule has 0 radical (unpaired) electrons. The summed E-state index contributed by atoms with van der Waals surface area (Å²) in [6.45, 7) is 2.77. The van der Waals surface area contributed by atoms with Gasteiger partial charge in [0, 0.05) is 24.3 Å². The highest BCUT2D eigenvalue weighted by molar-refractivity contribution is 6.06. The van der Waals surface area contributed by atoms with Crippen LogP contribution < -0.4 is 15.0 Å². The van der Waals surface area contributed by atoms with Gasteiger partial charge in [0.1, 0.15) is 23.6 Å². The van der Waals surface area contributed by atoms with Gasteiger partial charge in [-0.25, -0.2) is 9.97 Å². The SMILES string of the molecule is COc1ccc(CCNc2cc(C(=O)N3c4ccccc4CC3C)ncn2)cc1. The standard InChI is InChI=1S/C23H24N4O2/c1-16-13-18-5-3-4-6-21(18)27(16)23(28)20-14-22(26-15-25-20)24-12-11-17-7-9-19(29-2)10-8-17/h3-10,14-16H,11-13H2,1-2H3,(H,24,25,26). The van der Waals surface area contributed by atoms with Crippen LogP contribution in [0.5, 0.6) is 5.75 Å². The lowest BCUT2D eigenvalue weighted by atomic mass is 10.1. The normalized spacial score (nSPS) is 15.1. The smallest absolute Gasteiger partial charge is 0.277 e. The number of nitrogens with one attached hydrogen (secondary N) is 1. The van der Waals surface area contributed by atoms with E-state index in [0.29, 0.717) is 18.1 Å². The molecule has 4 rings (SSSR count). The Morgan fingerprint density at radius 1 is 1.17 bits per heavy atom. The van der Waals surface area contributed by atoms with Crippen LogP contribution in [-0.2, 0) is 12.8 Å². The molecule has 2 aromatic carbocycles. The molecular weight excluding hydrogens is 364 g/mol. The van der Waals surface area contributed by atoms with Gasteiger partial charge in [-0.2, -0.15) is 0 Å². The van der Waals surface area contributed by atoms with Crippen molar-refractivity contribution in [1.29, 1.82) is 0 Å². The van der Waals surface area contributed by atoms with Crippen molar-refractivity contribution in [2.24, 2.45) is 0 Å². The number of benzene rings is 2. The third-order valence-corrected chi connectivity index (χ3v) is 5.19. The minimum Gasteiger partial charge on any atom is -0.497 e. The van der Waals surface area contributed by atoms with Crippen LogP contribution in [0.1, 0.15) is 28.5 Å². The Hall–Kier alpha value is -3.41. The lowest BCUT2D eigenvalue weighted by molar-refractivity contribution is 0.0976. The summed E-state index contributed by atoms with van der Waals surface area (Å²) in [5.74, 6) is 1.40. The fraction of sp³-hybridized carbons (Fsp3) is 0.261. The van der Waals surface area contributed by atoms with Crippen molar-refractivity contribution in [3.05, 3.63) is 77.7 Å². The third kappa shape index (κ3) is 4.06. The average molecular weight is 388 g/mol. The topological polar surface area (TPSA) is 67.3 Å². The van der Waals surface area contributed by atoms with Gasteiger partial charge in [0.25, 0.3) is 5.91 Å². The van der Waals surface area contributed by atoms with E-state index in [1.807, 2.05) is 47.4 Å². The summed E-state index contributed by atoms with van der Waals surface area (Å²) < 4.78 is 5.18. The van der Waals surface area contributed by atoms with E-state index in [0.717, 1.165) is 24.3 Å². The average Bonchev–Trinajstić information content (AvgIpc) is 3.09. The number of para-hydroxylation sites is 1. The minimum absolute atomic E-state index is 0.0944. The molecule has 6 nitrogen and oxygen atoms in total. The molecule has 1 unspecified atom stereocenters. The first-order valence-corrected chi connectivity index (χ1v) is 9.76. The van der Waals surface area contributed by atoms with Crippen LogP contribution in [0, 0.1) is 0 Å². The van der Waals surface area contributed by atoms with Crippen molar-refractivity contribution in [1.82, 2.24) is 9.97 Å². The molecule has 1 atom stereocenters. The number of anilines is 2. The summed E-state index contributed by atoms with van der Waals surface area (Å²) in [5, 5.41) is 3.28. The molecule has 0 bridgehead atoms. The number of carbonyl (C=O) groups excluding carboxylic acids is 1. The summed E-state index contributed by atoms with van der Waals surface area (Å²) in [4.78, 5) is 23.4. The van der Waals surface area contributed by atoms with Gasteiger partial charge in [0.05, 0.1) is 7.11 Å². The van der Waals surface area contributed by atoms with Crippen LogP contribution in [-0.4, -0.2) is 35.6 Å². The van der Waals surface area contributed by atoms with Gasteiger partial charge in [0.15, 0.2) is 0 Å². The fourth-order valence-electron chi connectivity index (χ4n) is 3.70. The van der Waals surface area contributed by atoms with Gasteiger partial charge in [-0.1, -0.05) is 30.3 Å². The number of nitrogens with zero attached hydrogens (tertiary/aromatic N) is 3. The van der Waals surface area contributed by atoms with Crippen LogP contribution in [0.25, 0.3) is 0 Å². The first-order valence-electron chi connectivity index (χ1n) is 9.76. The summed E-state index contributed by atoms with van der Waals surface area (Å²) >= 11 is 0. The summed E-state index contributed by atoms with van der Waals surface area (Å²) in [7, 11) is 1.66. The third-order valence-electron chi connectivity index (χ3n) is 5.19. The van der Waals surface area contributed by atoms with E-state index < -0.39 is 0 Å². The molecule has 0 spiro atoms. The highest BCUT2D eigenvalue weighted by Gasteiger charge is 2.31. The number of carbonyl (C=O) groups is 1. The van der Waals surface area contributed by atoms with Crippen molar-refractivity contribution in [3.63, 3.8) is 0 Å². The first-order chi connectivity index (χ1) is 14.2. The number of ether oxygens (including phenoxy) is 1. The molecule has 1 amide bonds. The molecule has 1 aliphatic heterocycles. The highest BCUT2D eigenvalue weighted by atomic mass is 16.5. The molecule has 0 saturated heterocycles. The van der Waals surface area contributed by atoms with E-state index in [2.05, 4.69) is 28.3 Å². The second-order valence-corrected chi connectivity index (χ2v) is 7.17. The molecule has 0 aliphatic carbocycles. The predicted octanol–water partition coefficient (Wildman–Crippen LogP) is 3.73. The van der Waals surface area contributed by atoms with E-state index in [-0.39, 0.29) is 11.9 Å². The van der Waals surface area contributed by atoms with Gasteiger partial charge in [-0.3, -0.25) is 4.79 Å². The maximum atomic E-state index is 13.1. The summed E-state index contributed by atoms with van der Waals surface area (Å²) in [6.07, 6.45) is 3.14. The second-order valence-electron chi connectivity index (χ2n) is 7.17. The number of methoxy groups -OCH3 is 1. The van der Waals surface area contributed by atoms with Gasteiger partial charge in [0.2, 0.25) is 0 Å². The summed E-state index contributed by atoms with van der Waals surface area (Å²) in [5.41, 5.74) is 3.76. The number of aromatic nitrogens is 2. The van der Waals surface area contributed by atoms with E-state index >= 15 is 0 Å². The molecule has 1 aliphatic rings. The molecular formula is C23H24N4O2. The van der Waals surface area contributed by atoms with E-state index in [1.54, 1.807) is 13.2 Å². The van der Waals surface area contributed by atoms with E-state index in [4.69, 9.17) is 4.74 Å². The van der Waals surface area contributed by atoms with Crippen molar-refractivity contribution in [2.75, 3.05) is 23.9 Å². The lowest BCUT2D eigenvalue weighted by Crippen LogP contribution is -2.36. The Morgan fingerprint density at radius 2 is 1.97 bits per heavy atom. The number of hydrogen-bond acceptors (Lipinski definition) is 5. The lowest BCUT2D eigenvalue weighted by Gasteiger charge is -2.22. The van der Waals surface area contributed by atoms with Crippen molar-refractivity contribution in [2.45, 2.75) is 25.8 Å². The van der Waals surface area contributed by atoms with Gasteiger partial charge < -0.3 is 15.0 Å². The number of hydrogen-bond donors (Lipinski definition) is 1. The molecule has 1 aromatic heterocycles. The van der Waals surface area contributed by atoms with Crippen LogP contribution in [0.2, 0.25) is 0 Å². The number of rotatable bonds is 6. The molecule has 3 aromatic rings. The zero-order valence-corrected chi connectivity index (χ0v) is 16.6. The van der Waals surface area contributed by atoms with Crippen LogP contribution in [0.15, 0.2) is 60.9 Å². The predicted molar refractivity (Wildman–Crippen MR) is 114 cm³/mol. The molecule has 29 heavy (non-hydrogen) atoms. The summed E-state index contributed by atoms with van der Waals surface area (Å²) in [6, 6.07) is 17.9. The Labute approximate surface area is 170 Å². The van der Waals surface area contributed by atoms with Gasteiger partial charge >= 0.3 is 0 Å². The molecule has 6 heteroatoms. The largest absolute Gasteiger partial charge is 0.497 e. The first kappa shape index (κ1) is 18.9. The molecule has 0 saturated carbocycles. The van der Waals surface area contributed by atoms with Crippen molar-refractivity contribution >= 4 is 17.4 Å². The van der Waals surface area contributed by atoms with Gasteiger partial charge in [-0.15, -0.1) is 0 Å². The molecule has 2 heterocycles. The van der Waals surface area contributed by atoms with E-state index in [9.17, 15) is 4.79 Å². The van der Waals surface area contributed by atoms with Gasteiger partial charge in [-0.05, 0) is 49.1 Å². The Kier molecular flexibility index (Phi) is 5.42. The molecule has 0 fully saturated rings. The van der Waals surface area contributed by atoms with Crippen molar-refractivity contribution < 1.29 is 9.53 Å². The number of amides is 1. The van der Waals surface area contributed by atoms with Crippen LogP contribution in [0.3, 0.4) is 0 Å². The second kappa shape index (κ2) is 8.31. The zero-order chi connectivity index (χ0) is 20.2. The highest BCUT2D eigenvalue weighted by Crippen LogP contribution is 2.32. The maximum Gasteiger partial charge on any atom is 0.277 e.